The first-order chi connectivity index (χ1) is 23.3. The van der Waals surface area contributed by atoms with Gasteiger partial charge in [-0.2, -0.15) is 0 Å². The number of amides is 5. The Kier molecular flexibility index (Phi) is 17.7. The summed E-state index contributed by atoms with van der Waals surface area (Å²) in [5.41, 5.74) is 0.368. The number of hydrogen-bond acceptors (Lipinski definition) is 12. The van der Waals surface area contributed by atoms with E-state index < -0.39 is 35.6 Å². The van der Waals surface area contributed by atoms with E-state index in [2.05, 4.69) is 10.6 Å². The highest BCUT2D eigenvalue weighted by atomic mass is 16.6. The fourth-order valence-corrected chi connectivity index (χ4v) is 4.86. The molecule has 0 bridgehead atoms. The number of rotatable bonds is 26. The van der Waals surface area contributed by atoms with Crippen molar-refractivity contribution >= 4 is 41.2 Å². The summed E-state index contributed by atoms with van der Waals surface area (Å²) in [6.07, 6.45) is 2.40. The average Bonchev–Trinajstić information content (AvgIpc) is 3.31. The maximum Gasteiger partial charge on any atom is 0.305 e. The summed E-state index contributed by atoms with van der Waals surface area (Å²) >= 11 is 0. The molecule has 1 fully saturated rings. The molecule has 1 aromatic carbocycles. The van der Waals surface area contributed by atoms with Gasteiger partial charge >= 0.3 is 5.97 Å². The Hall–Kier alpha value is -3.80. The van der Waals surface area contributed by atoms with Crippen LogP contribution in [0.5, 0.6) is 0 Å². The van der Waals surface area contributed by atoms with Crippen molar-refractivity contribution < 1.29 is 62.3 Å². The number of carbonyl (C=O) groups is 6. The molecule has 266 valence electrons. The van der Waals surface area contributed by atoms with Gasteiger partial charge in [0.2, 0.25) is 17.7 Å². The van der Waals surface area contributed by atoms with Gasteiger partial charge in [0.05, 0.1) is 95.9 Å². The molecule has 1 unspecified atom stereocenters. The highest BCUT2D eigenvalue weighted by Gasteiger charge is 2.45. The monoisotopic (exact) mass is 679 g/mol. The predicted molar refractivity (Wildman–Crippen MR) is 167 cm³/mol. The zero-order valence-corrected chi connectivity index (χ0v) is 27.0. The molecule has 3 N–H and O–H groups in total. The van der Waals surface area contributed by atoms with Gasteiger partial charge in [0.15, 0.2) is 0 Å². The Morgan fingerprint density at radius 1 is 0.729 bits per heavy atom. The lowest BCUT2D eigenvalue weighted by Gasteiger charge is -2.27. The summed E-state index contributed by atoms with van der Waals surface area (Å²) in [6.45, 7) is 4.87. The van der Waals surface area contributed by atoms with Crippen LogP contribution < -0.4 is 10.6 Å². The zero-order chi connectivity index (χ0) is 34.6. The summed E-state index contributed by atoms with van der Waals surface area (Å²) in [5.74, 6) is -3.63. The number of carboxylic acid groups (broad SMARTS) is 1. The van der Waals surface area contributed by atoms with Gasteiger partial charge < -0.3 is 38.8 Å². The van der Waals surface area contributed by atoms with Gasteiger partial charge in [0, 0.05) is 19.4 Å². The average molecular weight is 680 g/mol. The van der Waals surface area contributed by atoms with Crippen molar-refractivity contribution in [1.29, 1.82) is 0 Å². The molecule has 48 heavy (non-hydrogen) atoms. The number of benzene rings is 1. The van der Waals surface area contributed by atoms with Gasteiger partial charge in [0.1, 0.15) is 6.04 Å². The second kappa shape index (κ2) is 22.0. The lowest BCUT2D eigenvalue weighted by Crippen LogP contribution is -2.54. The maximum atomic E-state index is 13.1. The molecule has 3 rings (SSSR count). The summed E-state index contributed by atoms with van der Waals surface area (Å²) in [4.78, 5) is 73.7. The van der Waals surface area contributed by atoms with Crippen molar-refractivity contribution in [2.24, 2.45) is 0 Å². The molecule has 0 radical (unpaired) electrons. The summed E-state index contributed by atoms with van der Waals surface area (Å²) in [7, 11) is 0. The molecule has 16 heteroatoms. The van der Waals surface area contributed by atoms with Crippen LogP contribution in [0, 0.1) is 0 Å². The van der Waals surface area contributed by atoms with Crippen molar-refractivity contribution in [2.75, 3.05) is 84.6 Å². The molecule has 1 atom stereocenters. The van der Waals surface area contributed by atoms with E-state index in [1.54, 1.807) is 12.1 Å². The molecule has 2 aliphatic heterocycles. The van der Waals surface area contributed by atoms with Crippen LogP contribution in [-0.2, 0) is 47.6 Å². The van der Waals surface area contributed by atoms with Crippen LogP contribution >= 0.6 is 0 Å². The number of piperidine rings is 1. The van der Waals surface area contributed by atoms with E-state index in [4.69, 9.17) is 33.5 Å². The van der Waals surface area contributed by atoms with Crippen molar-refractivity contribution in [3.63, 3.8) is 0 Å². The molecule has 0 aromatic heterocycles. The van der Waals surface area contributed by atoms with Gasteiger partial charge in [-0.1, -0.05) is 12.5 Å². The number of nitrogens with one attached hydrogen (secondary N) is 2. The van der Waals surface area contributed by atoms with Crippen LogP contribution in [0.15, 0.2) is 18.2 Å². The van der Waals surface area contributed by atoms with E-state index in [9.17, 15) is 28.8 Å². The molecule has 1 aromatic rings. The third kappa shape index (κ3) is 13.4. The molecule has 16 nitrogen and oxygen atoms in total. The van der Waals surface area contributed by atoms with Crippen LogP contribution in [0.2, 0.25) is 0 Å². The Balaban J connectivity index is 1.13. The third-order valence-corrected chi connectivity index (χ3v) is 7.26. The number of anilines is 1. The van der Waals surface area contributed by atoms with Crippen molar-refractivity contribution in [1.82, 2.24) is 10.2 Å². The molecule has 0 spiro atoms. The van der Waals surface area contributed by atoms with Crippen LogP contribution in [0.25, 0.3) is 0 Å². The van der Waals surface area contributed by atoms with Gasteiger partial charge in [-0.3, -0.25) is 39.0 Å². The van der Waals surface area contributed by atoms with Gasteiger partial charge in [-0.25, -0.2) is 0 Å². The normalized spacial score (nSPS) is 15.9. The van der Waals surface area contributed by atoms with Gasteiger partial charge in [-0.15, -0.1) is 0 Å². The van der Waals surface area contributed by atoms with E-state index in [-0.39, 0.29) is 55.0 Å². The van der Waals surface area contributed by atoms with E-state index >= 15 is 0 Å². The smallest absolute Gasteiger partial charge is 0.305 e. The number of imide groups is 2. The molecule has 1 saturated heterocycles. The first-order valence-electron chi connectivity index (χ1n) is 16.1. The van der Waals surface area contributed by atoms with Crippen LogP contribution in [-0.4, -0.2) is 131 Å². The van der Waals surface area contributed by atoms with Crippen molar-refractivity contribution in [3.8, 4) is 0 Å². The second-order valence-corrected chi connectivity index (χ2v) is 10.9. The Morgan fingerprint density at radius 2 is 1.29 bits per heavy atom. The number of unbranched alkanes of at least 4 members (excludes halogenated alkanes) is 2. The first-order valence-corrected chi connectivity index (χ1v) is 16.1. The summed E-state index contributed by atoms with van der Waals surface area (Å²) < 4.78 is 32.3. The van der Waals surface area contributed by atoms with Crippen molar-refractivity contribution in [3.05, 3.63) is 29.3 Å². The van der Waals surface area contributed by atoms with Crippen molar-refractivity contribution in [2.45, 2.75) is 51.0 Å². The molecular weight excluding hydrogens is 634 g/mol. The number of nitrogens with zero attached hydrogens (tertiary/aromatic N) is 1. The SMILES string of the molecule is O=C(O)CCOCCOCCOCCOCCOCCOCCCCCC(=O)Nc1cccc2c1C(=O)N(C1CCC(=O)NC1=O)C2=O. The largest absolute Gasteiger partial charge is 0.481 e. The maximum absolute atomic E-state index is 13.1. The lowest BCUT2D eigenvalue weighted by molar-refractivity contribution is -0.138. The minimum Gasteiger partial charge on any atom is -0.481 e. The topological polar surface area (TPSA) is 205 Å². The number of carbonyl (C=O) groups excluding carboxylic acids is 5. The van der Waals surface area contributed by atoms with E-state index in [0.29, 0.717) is 79.1 Å². The van der Waals surface area contributed by atoms with Crippen LogP contribution in [0.4, 0.5) is 5.69 Å². The Morgan fingerprint density at radius 3 is 1.85 bits per heavy atom. The van der Waals surface area contributed by atoms with E-state index in [0.717, 1.165) is 17.7 Å². The first kappa shape index (κ1) is 38.6. The number of fused-ring (bicyclic) bond motifs is 1. The minimum absolute atomic E-state index is 0.0224. The molecular formula is C32H45N3O13. The summed E-state index contributed by atoms with van der Waals surface area (Å²) in [5, 5.41) is 13.4. The number of aliphatic carboxylic acids is 1. The standard InChI is InChI=1S/C32H45N3O13/c36-26(33-24-6-4-5-23-29(24)32(42)35(31(23)41)25-8-9-27(37)34-30(25)40)7-2-1-3-11-43-13-15-45-17-19-47-21-22-48-20-18-46-16-14-44-12-10-28(38)39/h4-6,25H,1-3,7-22H2,(H,33,36)(H,38,39)(H,34,37,40). The molecule has 0 aliphatic carbocycles. The quantitative estimate of drug-likeness (QED) is 0.0930. The number of carboxylic acids is 1. The molecule has 0 saturated carbocycles. The fourth-order valence-electron chi connectivity index (χ4n) is 4.86. The van der Waals surface area contributed by atoms with Gasteiger partial charge in [0.25, 0.3) is 11.8 Å². The Bertz CT molecular complexity index is 1240. The predicted octanol–water partition coefficient (Wildman–Crippen LogP) is 1.16. The number of hydrogen-bond donors (Lipinski definition) is 3. The molecule has 5 amide bonds. The third-order valence-electron chi connectivity index (χ3n) is 7.26. The highest BCUT2D eigenvalue weighted by Crippen LogP contribution is 2.32. The number of ether oxygens (including phenoxy) is 6. The van der Waals surface area contributed by atoms with Gasteiger partial charge in [-0.05, 0) is 31.4 Å². The molecule has 2 heterocycles. The molecule has 2 aliphatic rings. The second-order valence-electron chi connectivity index (χ2n) is 10.9. The zero-order valence-electron chi connectivity index (χ0n) is 27.0. The Labute approximate surface area is 278 Å². The van der Waals surface area contributed by atoms with E-state index in [1.807, 2.05) is 0 Å². The highest BCUT2D eigenvalue weighted by molar-refractivity contribution is 6.26. The van der Waals surface area contributed by atoms with E-state index in [1.165, 1.54) is 6.07 Å². The van der Waals surface area contributed by atoms with Crippen LogP contribution in [0.1, 0.15) is 65.7 Å². The van der Waals surface area contributed by atoms with Crippen LogP contribution in [0.3, 0.4) is 0 Å². The fraction of sp³-hybridized carbons (Fsp3) is 0.625. The summed E-state index contributed by atoms with van der Waals surface area (Å²) in [6, 6.07) is 3.51. The lowest BCUT2D eigenvalue weighted by atomic mass is 10.0. The minimum atomic E-state index is -1.07.